The summed E-state index contributed by atoms with van der Waals surface area (Å²) in [5.74, 6) is 0.0178. The van der Waals surface area contributed by atoms with Crippen molar-refractivity contribution >= 4 is 40.6 Å². The van der Waals surface area contributed by atoms with Gasteiger partial charge in [0, 0.05) is 50.6 Å². The topological polar surface area (TPSA) is 96.6 Å². The van der Waals surface area contributed by atoms with E-state index in [0.29, 0.717) is 29.5 Å². The van der Waals surface area contributed by atoms with Crippen molar-refractivity contribution in [2.75, 3.05) is 55.8 Å². The first-order chi connectivity index (χ1) is 19.5. The van der Waals surface area contributed by atoms with E-state index in [1.165, 1.54) is 12.1 Å². The fourth-order valence-electron chi connectivity index (χ4n) is 4.56. The molecule has 8 nitrogen and oxygen atoms in total. The van der Waals surface area contributed by atoms with Gasteiger partial charge in [-0.25, -0.2) is 14.4 Å². The molecule has 1 atom stereocenters. The van der Waals surface area contributed by atoms with Crippen molar-refractivity contribution in [1.29, 1.82) is 0 Å². The molecule has 1 amide bonds. The number of aromatic nitrogens is 2. The molecule has 3 N–H and O–H groups in total. The molecule has 4 aromatic rings. The van der Waals surface area contributed by atoms with E-state index in [4.69, 9.17) is 10.5 Å². The Morgan fingerprint density at radius 2 is 1.88 bits per heavy atom. The standard InChI is InChI=1S/C30H31FN6O2S/c1-39-20-25(10-6-21-4-8-24(31)9-5-21)36-12-14-37(15-13-36)30-33-18-23(19-34-30)29(38)35-27-17-22(7-11-26(27)32)28-3-2-16-40-28/h2-11,16-19,25H,12-15,20,32H2,1H3,(H,35,38)/b10-6+. The lowest BCUT2D eigenvalue weighted by atomic mass is 10.1. The SMILES string of the molecule is COCC(/C=C/c1ccc(F)cc1)N1CCN(c2ncc(C(=O)Nc3cc(-c4cccs4)ccc3N)cn2)CC1. The van der Waals surface area contributed by atoms with E-state index in [9.17, 15) is 9.18 Å². The van der Waals surface area contributed by atoms with Gasteiger partial charge in [-0.1, -0.05) is 36.4 Å². The number of methoxy groups -OCH3 is 1. The predicted molar refractivity (Wildman–Crippen MR) is 159 cm³/mol. The summed E-state index contributed by atoms with van der Waals surface area (Å²) >= 11 is 1.62. The average molecular weight is 559 g/mol. The van der Waals surface area contributed by atoms with Crippen molar-refractivity contribution in [1.82, 2.24) is 14.9 Å². The molecule has 40 heavy (non-hydrogen) atoms. The zero-order chi connectivity index (χ0) is 27.9. The van der Waals surface area contributed by atoms with E-state index in [0.717, 1.165) is 42.2 Å². The van der Waals surface area contributed by atoms with Crippen LogP contribution in [0.2, 0.25) is 0 Å². The summed E-state index contributed by atoms with van der Waals surface area (Å²) < 4.78 is 18.7. The third-order valence-corrected chi connectivity index (χ3v) is 7.71. The van der Waals surface area contributed by atoms with Crippen molar-refractivity contribution in [3.05, 3.63) is 95.4 Å². The van der Waals surface area contributed by atoms with Crippen LogP contribution in [0, 0.1) is 5.82 Å². The molecule has 3 heterocycles. The predicted octanol–water partition coefficient (Wildman–Crippen LogP) is 5.03. The highest BCUT2D eigenvalue weighted by Gasteiger charge is 2.24. The molecule has 1 unspecified atom stereocenters. The van der Waals surface area contributed by atoms with Gasteiger partial charge in [0.15, 0.2) is 0 Å². The highest BCUT2D eigenvalue weighted by Crippen LogP contribution is 2.30. The molecule has 0 aliphatic carbocycles. The summed E-state index contributed by atoms with van der Waals surface area (Å²) in [6, 6.07) is 16.1. The van der Waals surface area contributed by atoms with Crippen LogP contribution in [0.5, 0.6) is 0 Å². The Bertz CT molecular complexity index is 1440. The minimum absolute atomic E-state index is 0.0925. The van der Waals surface area contributed by atoms with E-state index in [1.54, 1.807) is 49.0 Å². The fraction of sp³-hybridized carbons (Fsp3) is 0.233. The van der Waals surface area contributed by atoms with E-state index >= 15 is 0 Å². The second-order valence-corrected chi connectivity index (χ2v) is 10.4. The number of benzene rings is 2. The number of amides is 1. The van der Waals surface area contributed by atoms with Gasteiger partial charge in [-0.05, 0) is 46.8 Å². The van der Waals surface area contributed by atoms with Crippen LogP contribution in [0.15, 0.2) is 78.4 Å². The lowest BCUT2D eigenvalue weighted by molar-refractivity contribution is 0.102. The van der Waals surface area contributed by atoms with Gasteiger partial charge in [-0.15, -0.1) is 11.3 Å². The van der Waals surface area contributed by atoms with Crippen molar-refractivity contribution in [3.63, 3.8) is 0 Å². The molecular weight excluding hydrogens is 527 g/mol. The van der Waals surface area contributed by atoms with Crippen LogP contribution in [0.3, 0.4) is 0 Å². The highest BCUT2D eigenvalue weighted by molar-refractivity contribution is 7.13. The Balaban J connectivity index is 1.18. The molecule has 206 valence electrons. The summed E-state index contributed by atoms with van der Waals surface area (Å²) in [7, 11) is 1.69. The summed E-state index contributed by atoms with van der Waals surface area (Å²) in [5, 5.41) is 4.90. The van der Waals surface area contributed by atoms with Crippen LogP contribution in [0.4, 0.5) is 21.7 Å². The van der Waals surface area contributed by atoms with Gasteiger partial charge in [0.05, 0.1) is 29.6 Å². The number of nitrogens with two attached hydrogens (primary N) is 1. The number of hydrogen-bond donors (Lipinski definition) is 2. The molecule has 0 spiro atoms. The molecule has 5 rings (SSSR count). The van der Waals surface area contributed by atoms with Crippen LogP contribution in [-0.2, 0) is 4.74 Å². The molecule has 2 aromatic heterocycles. The third-order valence-electron chi connectivity index (χ3n) is 6.79. The van der Waals surface area contributed by atoms with Crippen LogP contribution in [-0.4, -0.2) is 66.7 Å². The van der Waals surface area contributed by atoms with E-state index in [2.05, 4.69) is 31.2 Å². The van der Waals surface area contributed by atoms with Gasteiger partial charge in [0.2, 0.25) is 5.95 Å². The van der Waals surface area contributed by atoms with Crippen molar-refractivity contribution in [2.45, 2.75) is 6.04 Å². The number of piperazine rings is 1. The number of carbonyl (C=O) groups is 1. The number of ether oxygens (including phenoxy) is 1. The molecule has 2 aromatic carbocycles. The first kappa shape index (κ1) is 27.4. The van der Waals surface area contributed by atoms with E-state index < -0.39 is 0 Å². The summed E-state index contributed by atoms with van der Waals surface area (Å²) in [4.78, 5) is 27.4. The van der Waals surface area contributed by atoms with E-state index in [1.807, 2.05) is 35.7 Å². The quantitative estimate of drug-likeness (QED) is 0.278. The number of nitrogen functional groups attached to an aromatic ring is 1. The van der Waals surface area contributed by atoms with Gasteiger partial charge in [-0.2, -0.15) is 0 Å². The van der Waals surface area contributed by atoms with Crippen LogP contribution < -0.4 is 16.0 Å². The first-order valence-electron chi connectivity index (χ1n) is 13.0. The Labute approximate surface area is 236 Å². The molecule has 1 aliphatic heterocycles. The minimum atomic E-state index is -0.318. The van der Waals surface area contributed by atoms with Crippen molar-refractivity contribution < 1.29 is 13.9 Å². The zero-order valence-corrected chi connectivity index (χ0v) is 23.0. The molecule has 1 fully saturated rings. The second kappa shape index (κ2) is 12.8. The number of thiophene rings is 1. The molecule has 10 heteroatoms. The summed E-state index contributed by atoms with van der Waals surface area (Å²) in [6.45, 7) is 3.63. The molecule has 0 radical (unpaired) electrons. The minimum Gasteiger partial charge on any atom is -0.397 e. The summed E-state index contributed by atoms with van der Waals surface area (Å²) in [5.41, 5.74) is 9.44. The average Bonchev–Trinajstić information content (AvgIpc) is 3.53. The second-order valence-electron chi connectivity index (χ2n) is 9.46. The number of rotatable bonds is 9. The number of carbonyl (C=O) groups excluding carboxylic acids is 1. The van der Waals surface area contributed by atoms with Crippen LogP contribution in [0.25, 0.3) is 16.5 Å². The Hall–Kier alpha value is -4.12. The molecular formula is C30H31FN6O2S. The number of nitrogens with zero attached hydrogens (tertiary/aromatic N) is 4. The number of nitrogens with one attached hydrogen (secondary N) is 1. The Morgan fingerprint density at radius 3 is 2.55 bits per heavy atom. The number of anilines is 3. The van der Waals surface area contributed by atoms with Crippen LogP contribution in [0.1, 0.15) is 15.9 Å². The van der Waals surface area contributed by atoms with Gasteiger partial charge < -0.3 is 20.7 Å². The largest absolute Gasteiger partial charge is 0.397 e. The molecule has 1 saturated heterocycles. The fourth-order valence-corrected chi connectivity index (χ4v) is 5.28. The van der Waals surface area contributed by atoms with Gasteiger partial charge in [-0.3, -0.25) is 9.69 Å². The van der Waals surface area contributed by atoms with Gasteiger partial charge >= 0.3 is 0 Å². The Morgan fingerprint density at radius 1 is 1.12 bits per heavy atom. The highest BCUT2D eigenvalue weighted by atomic mass is 32.1. The Kier molecular flexibility index (Phi) is 8.80. The van der Waals surface area contributed by atoms with Crippen molar-refractivity contribution in [3.8, 4) is 10.4 Å². The maximum atomic E-state index is 13.2. The first-order valence-corrected chi connectivity index (χ1v) is 13.9. The smallest absolute Gasteiger partial charge is 0.258 e. The lowest BCUT2D eigenvalue weighted by Gasteiger charge is -2.38. The zero-order valence-electron chi connectivity index (χ0n) is 22.2. The third kappa shape index (κ3) is 6.71. The molecule has 1 aliphatic rings. The molecule has 0 saturated carbocycles. The monoisotopic (exact) mass is 558 g/mol. The van der Waals surface area contributed by atoms with Gasteiger partial charge in [0.25, 0.3) is 5.91 Å². The number of hydrogen-bond acceptors (Lipinski definition) is 8. The normalized spacial score (nSPS) is 14.9. The lowest BCUT2D eigenvalue weighted by Crippen LogP contribution is -2.51. The molecule has 0 bridgehead atoms. The van der Waals surface area contributed by atoms with Gasteiger partial charge in [0.1, 0.15) is 5.82 Å². The summed E-state index contributed by atoms with van der Waals surface area (Å²) in [6.07, 6.45) is 7.18. The number of halogens is 1. The van der Waals surface area contributed by atoms with Crippen LogP contribution >= 0.6 is 11.3 Å². The van der Waals surface area contributed by atoms with Crippen molar-refractivity contribution in [2.24, 2.45) is 0 Å². The van der Waals surface area contributed by atoms with E-state index in [-0.39, 0.29) is 17.8 Å². The maximum absolute atomic E-state index is 13.2. The maximum Gasteiger partial charge on any atom is 0.258 e.